The van der Waals surface area contributed by atoms with E-state index in [-0.39, 0.29) is 11.4 Å². The molecule has 2 aromatic rings. The molecule has 2 N–H and O–H groups in total. The van der Waals surface area contributed by atoms with Crippen LogP contribution in [0.5, 0.6) is 5.75 Å². The molecule has 25 heavy (non-hydrogen) atoms. The second-order valence-electron chi connectivity index (χ2n) is 7.27. The minimum absolute atomic E-state index is 0.0315. The van der Waals surface area contributed by atoms with Crippen molar-refractivity contribution in [2.24, 2.45) is 0 Å². The summed E-state index contributed by atoms with van der Waals surface area (Å²) in [5.74, 6) is 0.823. The van der Waals surface area contributed by atoms with Crippen molar-refractivity contribution >= 4 is 11.7 Å². The number of benzene rings is 2. The fraction of sp³-hybridized carbons (Fsp3) is 0.381. The number of hydrogen-bond acceptors (Lipinski definition) is 2. The third kappa shape index (κ3) is 5.52. The summed E-state index contributed by atoms with van der Waals surface area (Å²) in [6, 6.07) is 13.6. The van der Waals surface area contributed by atoms with E-state index in [0.717, 1.165) is 17.0 Å². The van der Waals surface area contributed by atoms with E-state index in [9.17, 15) is 4.79 Å². The second kappa shape index (κ2) is 8.06. The van der Waals surface area contributed by atoms with Gasteiger partial charge in [0.1, 0.15) is 12.4 Å². The van der Waals surface area contributed by atoms with Crippen molar-refractivity contribution in [2.45, 2.75) is 40.0 Å². The van der Waals surface area contributed by atoms with Crippen molar-refractivity contribution in [3.05, 3.63) is 59.2 Å². The first-order chi connectivity index (χ1) is 11.8. The highest BCUT2D eigenvalue weighted by Crippen LogP contribution is 2.29. The molecule has 0 aliphatic rings. The maximum atomic E-state index is 12.1. The van der Waals surface area contributed by atoms with E-state index in [1.165, 1.54) is 11.1 Å². The molecule has 134 valence electrons. The lowest BCUT2D eigenvalue weighted by Gasteiger charge is -2.23. The van der Waals surface area contributed by atoms with E-state index < -0.39 is 0 Å². The lowest BCUT2D eigenvalue weighted by atomic mass is 9.86. The Morgan fingerprint density at radius 2 is 1.76 bits per heavy atom. The first-order valence-electron chi connectivity index (χ1n) is 8.62. The molecular formula is C21H28N2O2. The fourth-order valence-corrected chi connectivity index (χ4v) is 2.55. The largest absolute Gasteiger partial charge is 0.492 e. The van der Waals surface area contributed by atoms with E-state index in [0.29, 0.717) is 13.2 Å². The van der Waals surface area contributed by atoms with Gasteiger partial charge in [-0.2, -0.15) is 0 Å². The lowest BCUT2D eigenvalue weighted by Crippen LogP contribution is -2.33. The number of hydrogen-bond donors (Lipinski definition) is 2. The minimum Gasteiger partial charge on any atom is -0.492 e. The molecule has 2 aromatic carbocycles. The Labute approximate surface area is 150 Å². The SMILES string of the molecule is Cc1ccc(OCCNC(=O)Nc2ccccc2C(C)(C)C)cc1C. The van der Waals surface area contributed by atoms with Crippen molar-refractivity contribution < 1.29 is 9.53 Å². The van der Waals surface area contributed by atoms with Gasteiger partial charge in [0.05, 0.1) is 6.54 Å². The van der Waals surface area contributed by atoms with Crippen LogP contribution in [-0.4, -0.2) is 19.2 Å². The molecular weight excluding hydrogens is 312 g/mol. The highest BCUT2D eigenvalue weighted by molar-refractivity contribution is 5.90. The highest BCUT2D eigenvalue weighted by Gasteiger charge is 2.18. The number of urea groups is 1. The predicted molar refractivity (Wildman–Crippen MR) is 104 cm³/mol. The molecule has 0 aliphatic heterocycles. The Bertz CT molecular complexity index is 733. The van der Waals surface area contributed by atoms with Gasteiger partial charge in [-0.05, 0) is 54.2 Å². The normalized spacial score (nSPS) is 11.1. The molecule has 0 unspecified atom stereocenters. The number of rotatable bonds is 5. The summed E-state index contributed by atoms with van der Waals surface area (Å²) in [4.78, 5) is 12.1. The summed E-state index contributed by atoms with van der Waals surface area (Å²) in [5.41, 5.74) is 4.35. The minimum atomic E-state index is -0.222. The molecule has 0 bridgehead atoms. The summed E-state index contributed by atoms with van der Waals surface area (Å²) < 4.78 is 5.68. The molecule has 4 heteroatoms. The predicted octanol–water partition coefficient (Wildman–Crippen LogP) is 4.80. The Morgan fingerprint density at radius 1 is 1.04 bits per heavy atom. The van der Waals surface area contributed by atoms with Gasteiger partial charge in [-0.15, -0.1) is 0 Å². The first-order valence-corrected chi connectivity index (χ1v) is 8.62. The molecule has 0 radical (unpaired) electrons. The zero-order chi connectivity index (χ0) is 18.4. The molecule has 0 saturated heterocycles. The van der Waals surface area contributed by atoms with Crippen molar-refractivity contribution in [1.29, 1.82) is 0 Å². The maximum absolute atomic E-state index is 12.1. The van der Waals surface area contributed by atoms with Crippen molar-refractivity contribution in [1.82, 2.24) is 5.32 Å². The Hall–Kier alpha value is -2.49. The molecule has 0 fully saturated rings. The number of ether oxygens (including phenoxy) is 1. The molecule has 0 aromatic heterocycles. The van der Waals surface area contributed by atoms with E-state index in [2.05, 4.69) is 45.3 Å². The molecule has 0 aliphatic carbocycles. The van der Waals surface area contributed by atoms with Crippen molar-refractivity contribution in [3.8, 4) is 5.75 Å². The standard InChI is InChI=1S/C21H28N2O2/c1-15-10-11-17(14-16(15)2)25-13-12-22-20(24)23-19-9-7-6-8-18(19)21(3,4)5/h6-11,14H,12-13H2,1-5H3,(H2,22,23,24). The van der Waals surface area contributed by atoms with Crippen LogP contribution in [0, 0.1) is 13.8 Å². The Morgan fingerprint density at radius 3 is 2.44 bits per heavy atom. The number of para-hydroxylation sites is 1. The van der Waals surface area contributed by atoms with Gasteiger partial charge in [-0.1, -0.05) is 45.0 Å². The number of anilines is 1. The van der Waals surface area contributed by atoms with Gasteiger partial charge in [0.2, 0.25) is 0 Å². The lowest BCUT2D eigenvalue weighted by molar-refractivity contribution is 0.247. The van der Waals surface area contributed by atoms with Gasteiger partial charge >= 0.3 is 6.03 Å². The van der Waals surface area contributed by atoms with Crippen LogP contribution in [0.2, 0.25) is 0 Å². The average molecular weight is 340 g/mol. The number of aryl methyl sites for hydroxylation is 2. The van der Waals surface area contributed by atoms with Crippen LogP contribution in [0.4, 0.5) is 10.5 Å². The van der Waals surface area contributed by atoms with Crippen LogP contribution < -0.4 is 15.4 Å². The molecule has 0 spiro atoms. The van der Waals surface area contributed by atoms with E-state index in [1.807, 2.05) is 42.5 Å². The van der Waals surface area contributed by atoms with Gasteiger partial charge in [0.25, 0.3) is 0 Å². The summed E-state index contributed by atoms with van der Waals surface area (Å²) in [5, 5.41) is 5.76. The molecule has 2 amide bonds. The zero-order valence-corrected chi connectivity index (χ0v) is 15.8. The van der Waals surface area contributed by atoms with Crippen LogP contribution >= 0.6 is 0 Å². The van der Waals surface area contributed by atoms with Crippen LogP contribution in [0.25, 0.3) is 0 Å². The number of nitrogens with one attached hydrogen (secondary N) is 2. The van der Waals surface area contributed by atoms with Gasteiger partial charge in [-0.25, -0.2) is 4.79 Å². The van der Waals surface area contributed by atoms with Gasteiger partial charge in [-0.3, -0.25) is 0 Å². The molecule has 0 atom stereocenters. The molecule has 4 nitrogen and oxygen atoms in total. The quantitative estimate of drug-likeness (QED) is 0.768. The summed E-state index contributed by atoms with van der Waals surface area (Å²) in [7, 11) is 0. The first kappa shape index (κ1) is 18.8. The second-order valence-corrected chi connectivity index (χ2v) is 7.27. The third-order valence-corrected chi connectivity index (χ3v) is 4.12. The van der Waals surface area contributed by atoms with Gasteiger partial charge in [0.15, 0.2) is 0 Å². The van der Waals surface area contributed by atoms with Crippen LogP contribution in [0.15, 0.2) is 42.5 Å². The van der Waals surface area contributed by atoms with Gasteiger partial charge in [0, 0.05) is 5.69 Å². The maximum Gasteiger partial charge on any atom is 0.319 e. The van der Waals surface area contributed by atoms with Crippen molar-refractivity contribution in [3.63, 3.8) is 0 Å². The Balaban J connectivity index is 1.82. The number of amides is 2. The van der Waals surface area contributed by atoms with Crippen molar-refractivity contribution in [2.75, 3.05) is 18.5 Å². The summed E-state index contributed by atoms with van der Waals surface area (Å²) in [6.07, 6.45) is 0. The monoisotopic (exact) mass is 340 g/mol. The van der Waals surface area contributed by atoms with Crippen LogP contribution in [0.3, 0.4) is 0 Å². The topological polar surface area (TPSA) is 50.4 Å². The van der Waals surface area contributed by atoms with Gasteiger partial charge < -0.3 is 15.4 Å². The Kier molecular flexibility index (Phi) is 6.07. The zero-order valence-electron chi connectivity index (χ0n) is 15.8. The third-order valence-electron chi connectivity index (χ3n) is 4.12. The van der Waals surface area contributed by atoms with Crippen LogP contribution in [0.1, 0.15) is 37.5 Å². The smallest absolute Gasteiger partial charge is 0.319 e. The van der Waals surface area contributed by atoms with E-state index in [1.54, 1.807) is 0 Å². The fourth-order valence-electron chi connectivity index (χ4n) is 2.55. The number of carbonyl (C=O) groups excluding carboxylic acids is 1. The van der Waals surface area contributed by atoms with Crippen LogP contribution in [-0.2, 0) is 5.41 Å². The van der Waals surface area contributed by atoms with E-state index >= 15 is 0 Å². The highest BCUT2D eigenvalue weighted by atomic mass is 16.5. The number of carbonyl (C=O) groups is 1. The summed E-state index contributed by atoms with van der Waals surface area (Å²) in [6.45, 7) is 11.4. The van der Waals surface area contributed by atoms with E-state index in [4.69, 9.17) is 4.74 Å². The molecule has 2 rings (SSSR count). The average Bonchev–Trinajstić information content (AvgIpc) is 2.54. The molecule has 0 heterocycles. The summed E-state index contributed by atoms with van der Waals surface area (Å²) >= 11 is 0. The molecule has 0 saturated carbocycles.